The maximum Gasteiger partial charge on any atom is 0.437 e. The highest BCUT2D eigenvalue weighted by Crippen LogP contribution is 2.37. The number of hydrogen-bond acceptors (Lipinski definition) is 3. The normalized spacial score (nSPS) is 21.1. The topological polar surface area (TPSA) is 63.3 Å². The van der Waals surface area contributed by atoms with Crippen LogP contribution in [0.3, 0.4) is 0 Å². The molecule has 1 saturated heterocycles. The number of alkyl halides is 3. The molecule has 1 fully saturated rings. The number of piperidine rings is 1. The van der Waals surface area contributed by atoms with E-state index in [0.717, 1.165) is 23.1 Å². The standard InChI is InChI=1S/C17H21F3N4O2/c1-10-6-7-24(13(8-10)14-5-4-11(2)26-14)16(25)21-12-9-23(3)22-15(12)17(18,19)20/h4-5,9-10,13H,6-8H2,1-3H3,(H,21,25). The second-order valence-corrected chi connectivity index (χ2v) is 6.78. The van der Waals surface area contributed by atoms with Crippen molar-refractivity contribution < 1.29 is 22.4 Å². The van der Waals surface area contributed by atoms with Crippen molar-refractivity contribution in [2.45, 2.75) is 38.9 Å². The molecular weight excluding hydrogens is 349 g/mol. The van der Waals surface area contributed by atoms with Crippen molar-refractivity contribution in [1.82, 2.24) is 14.7 Å². The van der Waals surface area contributed by atoms with E-state index in [0.29, 0.717) is 24.6 Å². The minimum Gasteiger partial charge on any atom is -0.464 e. The van der Waals surface area contributed by atoms with E-state index in [-0.39, 0.29) is 11.7 Å². The Hall–Kier alpha value is -2.45. The third kappa shape index (κ3) is 3.71. The Labute approximate surface area is 149 Å². The fraction of sp³-hybridized carbons (Fsp3) is 0.529. The maximum absolute atomic E-state index is 13.1. The number of nitrogens with one attached hydrogen (secondary N) is 1. The number of nitrogens with zero attached hydrogens (tertiary/aromatic N) is 3. The zero-order chi connectivity index (χ0) is 19.1. The molecule has 0 radical (unpaired) electrons. The van der Waals surface area contributed by atoms with Gasteiger partial charge >= 0.3 is 12.2 Å². The van der Waals surface area contributed by atoms with Gasteiger partial charge in [0.1, 0.15) is 11.5 Å². The molecule has 1 aliphatic rings. The van der Waals surface area contributed by atoms with Crippen LogP contribution in [0.25, 0.3) is 0 Å². The summed E-state index contributed by atoms with van der Waals surface area (Å²) in [4.78, 5) is 14.3. The van der Waals surface area contributed by atoms with Crippen LogP contribution in [0.5, 0.6) is 0 Å². The van der Waals surface area contributed by atoms with E-state index in [9.17, 15) is 18.0 Å². The second-order valence-electron chi connectivity index (χ2n) is 6.78. The first-order valence-electron chi connectivity index (χ1n) is 8.40. The number of hydrogen-bond donors (Lipinski definition) is 1. The monoisotopic (exact) mass is 370 g/mol. The van der Waals surface area contributed by atoms with Gasteiger partial charge < -0.3 is 14.6 Å². The van der Waals surface area contributed by atoms with Crippen LogP contribution in [0.2, 0.25) is 0 Å². The van der Waals surface area contributed by atoms with E-state index in [2.05, 4.69) is 17.3 Å². The van der Waals surface area contributed by atoms with Crippen LogP contribution in [0, 0.1) is 12.8 Å². The van der Waals surface area contributed by atoms with E-state index >= 15 is 0 Å². The number of amides is 2. The summed E-state index contributed by atoms with van der Waals surface area (Å²) >= 11 is 0. The fourth-order valence-corrected chi connectivity index (χ4v) is 3.26. The van der Waals surface area contributed by atoms with Crippen molar-refractivity contribution in [2.24, 2.45) is 13.0 Å². The number of likely N-dealkylation sites (tertiary alicyclic amines) is 1. The molecule has 142 valence electrons. The molecule has 2 unspecified atom stereocenters. The summed E-state index contributed by atoms with van der Waals surface area (Å²) < 4.78 is 46.0. The minimum absolute atomic E-state index is 0.307. The number of aromatic nitrogens is 2. The molecule has 3 heterocycles. The first-order chi connectivity index (χ1) is 12.1. The van der Waals surface area contributed by atoms with Crippen LogP contribution in [0.4, 0.5) is 23.7 Å². The lowest BCUT2D eigenvalue weighted by Gasteiger charge is -2.37. The Kier molecular flexibility index (Phi) is 4.72. The molecule has 26 heavy (non-hydrogen) atoms. The number of carbonyl (C=O) groups is 1. The number of halogens is 3. The highest BCUT2D eigenvalue weighted by molar-refractivity contribution is 5.90. The van der Waals surface area contributed by atoms with Gasteiger partial charge in [0.25, 0.3) is 0 Å². The van der Waals surface area contributed by atoms with Gasteiger partial charge in [-0.05, 0) is 37.8 Å². The van der Waals surface area contributed by atoms with Crippen LogP contribution >= 0.6 is 0 Å². The summed E-state index contributed by atoms with van der Waals surface area (Å²) in [7, 11) is 1.38. The molecule has 0 bridgehead atoms. The Morgan fingerprint density at radius 2 is 2.12 bits per heavy atom. The Morgan fingerprint density at radius 1 is 1.38 bits per heavy atom. The van der Waals surface area contributed by atoms with E-state index in [1.807, 2.05) is 19.1 Å². The van der Waals surface area contributed by atoms with Crippen molar-refractivity contribution in [2.75, 3.05) is 11.9 Å². The van der Waals surface area contributed by atoms with Gasteiger partial charge in [-0.25, -0.2) is 4.79 Å². The maximum atomic E-state index is 13.1. The Balaban J connectivity index is 1.84. The highest BCUT2D eigenvalue weighted by Gasteiger charge is 2.39. The molecule has 2 amide bonds. The summed E-state index contributed by atoms with van der Waals surface area (Å²) in [5.41, 5.74) is -1.46. The van der Waals surface area contributed by atoms with Crippen molar-refractivity contribution in [3.8, 4) is 0 Å². The molecule has 6 nitrogen and oxygen atoms in total. The van der Waals surface area contributed by atoms with Crippen LogP contribution < -0.4 is 5.32 Å². The molecule has 3 rings (SSSR count). The number of anilines is 1. The van der Waals surface area contributed by atoms with Gasteiger partial charge in [0.15, 0.2) is 5.69 Å². The summed E-state index contributed by atoms with van der Waals surface area (Å²) in [6.07, 6.45) is -2.01. The average Bonchev–Trinajstić information content (AvgIpc) is 3.12. The van der Waals surface area contributed by atoms with Crippen LogP contribution in [0.1, 0.15) is 43.0 Å². The predicted molar refractivity (Wildman–Crippen MR) is 88.5 cm³/mol. The molecule has 0 spiro atoms. The van der Waals surface area contributed by atoms with Gasteiger partial charge in [0, 0.05) is 19.8 Å². The van der Waals surface area contributed by atoms with E-state index < -0.39 is 17.9 Å². The van der Waals surface area contributed by atoms with Crippen molar-refractivity contribution in [1.29, 1.82) is 0 Å². The van der Waals surface area contributed by atoms with Crippen LogP contribution in [0.15, 0.2) is 22.7 Å². The summed E-state index contributed by atoms with van der Waals surface area (Å²) in [6.45, 7) is 4.34. The highest BCUT2D eigenvalue weighted by atomic mass is 19.4. The van der Waals surface area contributed by atoms with Gasteiger partial charge in [-0.1, -0.05) is 6.92 Å². The number of urea groups is 1. The lowest BCUT2D eigenvalue weighted by Crippen LogP contribution is -2.43. The van der Waals surface area contributed by atoms with Crippen molar-refractivity contribution in [3.05, 3.63) is 35.5 Å². The Morgan fingerprint density at radius 3 is 2.73 bits per heavy atom. The number of furan rings is 1. The van der Waals surface area contributed by atoms with Gasteiger partial charge in [0.05, 0.1) is 11.7 Å². The number of rotatable bonds is 2. The molecule has 0 aromatic carbocycles. The molecule has 9 heteroatoms. The van der Waals surface area contributed by atoms with Crippen LogP contribution in [-0.2, 0) is 13.2 Å². The summed E-state index contributed by atoms with van der Waals surface area (Å²) in [6, 6.07) is 2.73. The first kappa shape index (κ1) is 18.3. The Bertz CT molecular complexity index is 796. The molecule has 1 aliphatic heterocycles. The first-order valence-corrected chi connectivity index (χ1v) is 8.40. The third-order valence-electron chi connectivity index (χ3n) is 4.55. The lowest BCUT2D eigenvalue weighted by atomic mass is 9.91. The van der Waals surface area contributed by atoms with Crippen molar-refractivity contribution in [3.63, 3.8) is 0 Å². The third-order valence-corrected chi connectivity index (χ3v) is 4.55. The van der Waals surface area contributed by atoms with Gasteiger partial charge in [-0.3, -0.25) is 4.68 Å². The number of carbonyl (C=O) groups excluding carboxylic acids is 1. The molecule has 2 atom stereocenters. The zero-order valence-electron chi connectivity index (χ0n) is 14.8. The molecular formula is C17H21F3N4O2. The van der Waals surface area contributed by atoms with Gasteiger partial charge in [-0.15, -0.1) is 0 Å². The zero-order valence-corrected chi connectivity index (χ0v) is 14.8. The SMILES string of the molecule is Cc1ccc(C2CC(C)CCN2C(=O)Nc2cn(C)nc2C(F)(F)F)o1. The van der Waals surface area contributed by atoms with Crippen LogP contribution in [-0.4, -0.2) is 27.3 Å². The fourth-order valence-electron chi connectivity index (χ4n) is 3.26. The van der Waals surface area contributed by atoms with Crippen molar-refractivity contribution >= 4 is 11.7 Å². The van der Waals surface area contributed by atoms with E-state index in [1.54, 1.807) is 0 Å². The minimum atomic E-state index is -4.64. The quantitative estimate of drug-likeness (QED) is 0.855. The lowest BCUT2D eigenvalue weighted by molar-refractivity contribution is -0.140. The largest absolute Gasteiger partial charge is 0.464 e. The van der Waals surface area contributed by atoms with E-state index in [1.165, 1.54) is 11.9 Å². The number of aryl methyl sites for hydroxylation is 2. The molecule has 2 aromatic heterocycles. The molecule has 0 aliphatic carbocycles. The molecule has 2 aromatic rings. The molecule has 0 saturated carbocycles. The summed E-state index contributed by atoms with van der Waals surface area (Å²) in [5, 5.41) is 5.78. The smallest absolute Gasteiger partial charge is 0.437 e. The van der Waals surface area contributed by atoms with Gasteiger partial charge in [0.2, 0.25) is 0 Å². The van der Waals surface area contributed by atoms with Gasteiger partial charge in [-0.2, -0.15) is 18.3 Å². The second kappa shape index (κ2) is 6.69. The summed E-state index contributed by atoms with van der Waals surface area (Å²) in [5.74, 6) is 1.76. The average molecular weight is 370 g/mol. The van der Waals surface area contributed by atoms with E-state index in [4.69, 9.17) is 4.42 Å². The molecule has 1 N–H and O–H groups in total. The predicted octanol–water partition coefficient (Wildman–Crippen LogP) is 4.35.